The molecule has 1 aliphatic rings. The molecule has 1 aromatic carbocycles. The molecule has 0 N–H and O–H groups in total. The van der Waals surface area contributed by atoms with Gasteiger partial charge < -0.3 is 14.4 Å². The molecule has 1 aromatic rings. The van der Waals surface area contributed by atoms with Crippen LogP contribution in [0, 0.1) is 0 Å². The maximum absolute atomic E-state index is 12.0. The molecule has 1 amide bonds. The largest absolute Gasteiger partial charge is 0.497 e. The maximum atomic E-state index is 12.0. The van der Waals surface area contributed by atoms with Crippen LogP contribution in [-0.2, 0) is 14.6 Å². The van der Waals surface area contributed by atoms with Gasteiger partial charge in [0.2, 0.25) is 0 Å². The van der Waals surface area contributed by atoms with Crippen molar-refractivity contribution < 1.29 is 22.7 Å². The van der Waals surface area contributed by atoms with Gasteiger partial charge in [0.15, 0.2) is 16.4 Å². The third kappa shape index (κ3) is 4.10. The Labute approximate surface area is 124 Å². The van der Waals surface area contributed by atoms with Gasteiger partial charge in [0.05, 0.1) is 12.4 Å². The normalized spacial score (nSPS) is 18.6. The van der Waals surface area contributed by atoms with Gasteiger partial charge >= 0.3 is 0 Å². The van der Waals surface area contributed by atoms with Crippen molar-refractivity contribution in [3.8, 4) is 11.5 Å². The van der Waals surface area contributed by atoms with E-state index in [1.54, 1.807) is 31.4 Å². The Morgan fingerprint density at radius 2 is 1.90 bits per heavy atom. The summed E-state index contributed by atoms with van der Waals surface area (Å²) in [4.78, 5) is 13.5. The molecule has 0 radical (unpaired) electrons. The number of hydrogen-bond acceptors (Lipinski definition) is 5. The van der Waals surface area contributed by atoms with Crippen LogP contribution in [0.25, 0.3) is 0 Å². The van der Waals surface area contributed by atoms with Crippen molar-refractivity contribution >= 4 is 15.7 Å². The molecule has 1 aliphatic heterocycles. The highest BCUT2D eigenvalue weighted by Gasteiger charge is 2.32. The fourth-order valence-corrected chi connectivity index (χ4v) is 3.20. The molecule has 116 valence electrons. The number of rotatable bonds is 5. The van der Waals surface area contributed by atoms with E-state index in [-0.39, 0.29) is 19.1 Å². The number of ether oxygens (including phenoxy) is 2. The first-order valence-corrected chi connectivity index (χ1v) is 8.59. The predicted molar refractivity (Wildman–Crippen MR) is 78.3 cm³/mol. The van der Waals surface area contributed by atoms with Crippen molar-refractivity contribution in [3.05, 3.63) is 24.3 Å². The van der Waals surface area contributed by atoms with Crippen molar-refractivity contribution in [2.45, 2.75) is 11.7 Å². The molecule has 1 fully saturated rings. The second-order valence-corrected chi connectivity index (χ2v) is 7.37. The molecule has 2 rings (SSSR count). The van der Waals surface area contributed by atoms with Gasteiger partial charge in [-0.2, -0.15) is 0 Å². The first kappa shape index (κ1) is 15.6. The third-order valence-corrected chi connectivity index (χ3v) is 5.12. The summed E-state index contributed by atoms with van der Waals surface area (Å²) in [6.07, 6.45) is 1.70. The number of carbonyl (C=O) groups is 1. The molecule has 0 aromatic heterocycles. The van der Waals surface area contributed by atoms with E-state index in [2.05, 4.69) is 0 Å². The zero-order valence-corrected chi connectivity index (χ0v) is 12.9. The van der Waals surface area contributed by atoms with E-state index in [4.69, 9.17) is 9.47 Å². The average Bonchev–Trinajstić information content (AvgIpc) is 2.95. The number of carbonyl (C=O) groups excluding carboxylic acids is 1. The molecule has 0 saturated carbocycles. The van der Waals surface area contributed by atoms with E-state index in [1.807, 2.05) is 0 Å². The summed E-state index contributed by atoms with van der Waals surface area (Å²) >= 11 is 0. The van der Waals surface area contributed by atoms with E-state index >= 15 is 0 Å². The van der Waals surface area contributed by atoms with Crippen LogP contribution in [0.5, 0.6) is 11.5 Å². The van der Waals surface area contributed by atoms with Gasteiger partial charge in [-0.15, -0.1) is 0 Å². The monoisotopic (exact) mass is 313 g/mol. The number of likely N-dealkylation sites (tertiary alicyclic amines) is 1. The molecule has 0 spiro atoms. The fraction of sp³-hybridized carbons (Fsp3) is 0.500. The molecule has 7 heteroatoms. The van der Waals surface area contributed by atoms with E-state index < -0.39 is 15.1 Å². The topological polar surface area (TPSA) is 72.9 Å². The summed E-state index contributed by atoms with van der Waals surface area (Å²) in [6, 6.07) is 6.93. The summed E-state index contributed by atoms with van der Waals surface area (Å²) in [5.41, 5.74) is 0. The minimum Gasteiger partial charge on any atom is -0.497 e. The third-order valence-electron chi connectivity index (χ3n) is 3.52. The van der Waals surface area contributed by atoms with Gasteiger partial charge in [-0.05, 0) is 30.7 Å². The van der Waals surface area contributed by atoms with Gasteiger partial charge in [-0.1, -0.05) is 0 Å². The standard InChI is InChI=1S/C14H19NO5S/c1-19-11-3-5-12(6-4-11)20-10-14(16)15-8-7-13(9-15)21(2,17)18/h3-6,13H,7-10H2,1-2H3. The van der Waals surface area contributed by atoms with Crippen molar-refractivity contribution in [2.24, 2.45) is 0 Å². The number of hydrogen-bond donors (Lipinski definition) is 0. The highest BCUT2D eigenvalue weighted by atomic mass is 32.2. The summed E-state index contributed by atoms with van der Waals surface area (Å²) in [6.45, 7) is 0.620. The maximum Gasteiger partial charge on any atom is 0.260 e. The number of amides is 1. The summed E-state index contributed by atoms with van der Waals surface area (Å²) in [7, 11) is -1.52. The van der Waals surface area contributed by atoms with Crippen molar-refractivity contribution in [3.63, 3.8) is 0 Å². The molecule has 1 heterocycles. The lowest BCUT2D eigenvalue weighted by Crippen LogP contribution is -2.34. The van der Waals surface area contributed by atoms with Gasteiger partial charge in [0.1, 0.15) is 11.5 Å². The van der Waals surface area contributed by atoms with Crippen LogP contribution >= 0.6 is 0 Å². The number of methoxy groups -OCH3 is 1. The Balaban J connectivity index is 1.85. The van der Waals surface area contributed by atoms with Crippen LogP contribution in [0.1, 0.15) is 6.42 Å². The van der Waals surface area contributed by atoms with E-state index in [0.29, 0.717) is 24.5 Å². The quantitative estimate of drug-likeness (QED) is 0.801. The number of nitrogens with zero attached hydrogens (tertiary/aromatic N) is 1. The Kier molecular flexibility index (Phi) is 4.72. The summed E-state index contributed by atoms with van der Waals surface area (Å²) in [5.74, 6) is 1.09. The van der Waals surface area contributed by atoms with Gasteiger partial charge in [0.25, 0.3) is 5.91 Å². The average molecular weight is 313 g/mol. The number of sulfone groups is 1. The van der Waals surface area contributed by atoms with Crippen LogP contribution in [0.2, 0.25) is 0 Å². The van der Waals surface area contributed by atoms with Crippen molar-refractivity contribution in [1.82, 2.24) is 4.90 Å². The second kappa shape index (κ2) is 6.34. The van der Waals surface area contributed by atoms with Crippen LogP contribution in [0.15, 0.2) is 24.3 Å². The van der Waals surface area contributed by atoms with Crippen molar-refractivity contribution in [2.75, 3.05) is 33.1 Å². The molecular formula is C14H19NO5S. The Bertz CT molecular complexity index is 596. The molecular weight excluding hydrogens is 294 g/mol. The summed E-state index contributed by atoms with van der Waals surface area (Å²) < 4.78 is 33.4. The SMILES string of the molecule is COc1ccc(OCC(=O)N2CCC(S(C)(=O)=O)C2)cc1. The smallest absolute Gasteiger partial charge is 0.260 e. The molecule has 21 heavy (non-hydrogen) atoms. The zero-order valence-electron chi connectivity index (χ0n) is 12.1. The Hall–Kier alpha value is -1.76. The first-order chi connectivity index (χ1) is 9.90. The lowest BCUT2D eigenvalue weighted by Gasteiger charge is -2.16. The predicted octanol–water partition coefficient (Wildman–Crippen LogP) is 0.719. The number of benzene rings is 1. The zero-order chi connectivity index (χ0) is 15.5. The highest BCUT2D eigenvalue weighted by Crippen LogP contribution is 2.19. The molecule has 1 atom stereocenters. The minimum atomic E-state index is -3.09. The molecule has 0 aliphatic carbocycles. The van der Waals surface area contributed by atoms with Gasteiger partial charge in [-0.25, -0.2) is 8.42 Å². The highest BCUT2D eigenvalue weighted by molar-refractivity contribution is 7.91. The fourth-order valence-electron chi connectivity index (χ4n) is 2.21. The Morgan fingerprint density at radius 1 is 1.29 bits per heavy atom. The van der Waals surface area contributed by atoms with E-state index in [1.165, 1.54) is 11.2 Å². The van der Waals surface area contributed by atoms with Gasteiger partial charge in [-0.3, -0.25) is 4.79 Å². The lowest BCUT2D eigenvalue weighted by atomic mass is 10.3. The second-order valence-electron chi connectivity index (χ2n) is 5.04. The first-order valence-electron chi connectivity index (χ1n) is 6.63. The van der Waals surface area contributed by atoms with Crippen molar-refractivity contribution in [1.29, 1.82) is 0 Å². The molecule has 0 bridgehead atoms. The van der Waals surface area contributed by atoms with Crippen LogP contribution in [-0.4, -0.2) is 57.5 Å². The molecule has 6 nitrogen and oxygen atoms in total. The lowest BCUT2D eigenvalue weighted by molar-refractivity contribution is -0.132. The summed E-state index contributed by atoms with van der Waals surface area (Å²) in [5, 5.41) is -0.456. The van der Waals surface area contributed by atoms with Crippen LogP contribution in [0.4, 0.5) is 0 Å². The van der Waals surface area contributed by atoms with E-state index in [0.717, 1.165) is 0 Å². The Morgan fingerprint density at radius 3 is 2.43 bits per heavy atom. The van der Waals surface area contributed by atoms with Crippen LogP contribution < -0.4 is 9.47 Å². The molecule has 1 saturated heterocycles. The van der Waals surface area contributed by atoms with E-state index in [9.17, 15) is 13.2 Å². The molecule has 1 unspecified atom stereocenters. The van der Waals surface area contributed by atoms with Gasteiger partial charge in [0, 0.05) is 19.3 Å². The van der Waals surface area contributed by atoms with Crippen LogP contribution in [0.3, 0.4) is 0 Å². The minimum absolute atomic E-state index is 0.0944.